The van der Waals surface area contributed by atoms with Crippen LogP contribution in [0.4, 0.5) is 26.3 Å². The minimum Gasteiger partial charge on any atom is -0.400 e. The standard InChI is InChI=1S/C23H27F6N3OS.CH4O/c1-31-6-8-32(9-7-31)5-4-19(21-3-2-10-34-21)20(30)15-33-14-16-11-17(22(24,25)26)13-18(12-16)23(27,28)29;1-2/h2-3,10-13,19,30H,4-9,14-15H2,1H3;2H,1H3. The van der Waals surface area contributed by atoms with Gasteiger partial charge < -0.3 is 25.1 Å². The van der Waals surface area contributed by atoms with Crippen LogP contribution in [0.15, 0.2) is 35.7 Å². The lowest BCUT2D eigenvalue weighted by Gasteiger charge is -2.33. The zero-order chi connectivity index (χ0) is 26.9. The van der Waals surface area contributed by atoms with E-state index in [0.29, 0.717) is 18.6 Å². The molecule has 0 spiro atoms. The van der Waals surface area contributed by atoms with Gasteiger partial charge in [0.25, 0.3) is 0 Å². The Morgan fingerprint density at radius 1 is 1.03 bits per heavy atom. The van der Waals surface area contributed by atoms with E-state index in [4.69, 9.17) is 15.3 Å². The Balaban J connectivity index is 0.00000222. The Bertz CT molecular complexity index is 910. The lowest BCUT2D eigenvalue weighted by molar-refractivity contribution is -0.143. The van der Waals surface area contributed by atoms with Gasteiger partial charge >= 0.3 is 12.4 Å². The molecule has 36 heavy (non-hydrogen) atoms. The SMILES string of the molecule is CN1CCN(CCC(C(=N)COCc2cc(C(F)(F)F)cc(C(F)(F)F)c2)c2cccs2)CC1.CO. The number of thiophene rings is 1. The molecule has 1 aromatic heterocycles. The monoisotopic (exact) mass is 539 g/mol. The van der Waals surface area contributed by atoms with Crippen LogP contribution in [0.2, 0.25) is 0 Å². The van der Waals surface area contributed by atoms with Crippen LogP contribution >= 0.6 is 11.3 Å². The number of ether oxygens (including phenoxy) is 1. The zero-order valence-electron chi connectivity index (χ0n) is 20.1. The third-order valence-corrected chi connectivity index (χ3v) is 6.80. The van der Waals surface area contributed by atoms with Crippen molar-refractivity contribution in [2.45, 2.75) is 31.3 Å². The number of rotatable bonds is 9. The molecule has 12 heteroatoms. The quantitative estimate of drug-likeness (QED) is 0.333. The van der Waals surface area contributed by atoms with Crippen LogP contribution in [0, 0.1) is 5.41 Å². The van der Waals surface area contributed by atoms with Crippen molar-refractivity contribution in [3.05, 3.63) is 57.3 Å². The number of hydrogen-bond donors (Lipinski definition) is 2. The molecule has 2 aromatic rings. The Morgan fingerprint density at radius 3 is 2.11 bits per heavy atom. The summed E-state index contributed by atoms with van der Waals surface area (Å²) in [6.45, 7) is 3.99. The van der Waals surface area contributed by atoms with Gasteiger partial charge in [-0.25, -0.2) is 0 Å². The number of aliphatic hydroxyl groups excluding tert-OH is 1. The Morgan fingerprint density at radius 2 is 1.61 bits per heavy atom. The summed E-state index contributed by atoms with van der Waals surface area (Å²) in [5, 5.41) is 17.4. The number of nitrogens with one attached hydrogen (secondary N) is 1. The molecule has 1 aromatic carbocycles. The molecule has 1 fully saturated rings. The molecule has 202 valence electrons. The molecule has 5 nitrogen and oxygen atoms in total. The van der Waals surface area contributed by atoms with Crippen LogP contribution in [-0.4, -0.2) is 74.1 Å². The third kappa shape index (κ3) is 9.15. The number of halogens is 6. The summed E-state index contributed by atoms with van der Waals surface area (Å²) in [6.07, 6.45) is -9.12. The van der Waals surface area contributed by atoms with Crippen molar-refractivity contribution >= 4 is 17.0 Å². The predicted molar refractivity (Wildman–Crippen MR) is 128 cm³/mol. The average Bonchev–Trinajstić information content (AvgIpc) is 3.35. The van der Waals surface area contributed by atoms with Crippen LogP contribution < -0.4 is 0 Å². The summed E-state index contributed by atoms with van der Waals surface area (Å²) in [4.78, 5) is 5.57. The van der Waals surface area contributed by atoms with E-state index in [1.807, 2.05) is 17.5 Å². The van der Waals surface area contributed by atoms with Crippen molar-refractivity contribution in [3.63, 3.8) is 0 Å². The molecule has 0 amide bonds. The first kappa shape index (κ1) is 30.2. The first-order valence-electron chi connectivity index (χ1n) is 11.3. The number of piperazine rings is 1. The summed E-state index contributed by atoms with van der Waals surface area (Å²) in [7, 11) is 3.07. The lowest BCUT2D eigenvalue weighted by Crippen LogP contribution is -2.45. The zero-order valence-corrected chi connectivity index (χ0v) is 20.9. The number of benzene rings is 1. The van der Waals surface area contributed by atoms with E-state index in [0.717, 1.165) is 44.7 Å². The molecule has 0 radical (unpaired) electrons. The fraction of sp³-hybridized carbons (Fsp3) is 0.542. The van der Waals surface area contributed by atoms with Crippen LogP contribution in [0.5, 0.6) is 0 Å². The number of aliphatic hydroxyl groups is 1. The molecule has 1 aliphatic heterocycles. The van der Waals surface area contributed by atoms with Gasteiger partial charge in [-0.2, -0.15) is 26.3 Å². The van der Waals surface area contributed by atoms with Crippen molar-refractivity contribution in [3.8, 4) is 0 Å². The average molecular weight is 540 g/mol. The van der Waals surface area contributed by atoms with Crippen molar-refractivity contribution in [1.29, 1.82) is 5.41 Å². The van der Waals surface area contributed by atoms with Gasteiger partial charge in [-0.05, 0) is 55.2 Å². The van der Waals surface area contributed by atoms with Crippen LogP contribution in [0.1, 0.15) is 33.9 Å². The van der Waals surface area contributed by atoms with Crippen molar-refractivity contribution in [1.82, 2.24) is 9.80 Å². The first-order valence-corrected chi connectivity index (χ1v) is 12.1. The second-order valence-electron chi connectivity index (χ2n) is 8.43. The van der Waals surface area contributed by atoms with E-state index in [9.17, 15) is 26.3 Å². The number of nitrogens with zero attached hydrogens (tertiary/aromatic N) is 2. The molecule has 1 aliphatic rings. The number of likely N-dealkylation sites (N-methyl/N-ethyl adjacent to an activating group) is 1. The second kappa shape index (κ2) is 13.5. The summed E-state index contributed by atoms with van der Waals surface area (Å²) in [5.74, 6) is -0.216. The van der Waals surface area contributed by atoms with Gasteiger partial charge in [0, 0.05) is 49.8 Å². The molecule has 0 aliphatic carbocycles. The fourth-order valence-corrected chi connectivity index (χ4v) is 4.74. The summed E-state index contributed by atoms with van der Waals surface area (Å²) < 4.78 is 83.8. The topological polar surface area (TPSA) is 59.8 Å². The summed E-state index contributed by atoms with van der Waals surface area (Å²) in [5.41, 5.74) is -2.74. The Labute approximate surface area is 210 Å². The number of hydrogen-bond acceptors (Lipinski definition) is 6. The minimum absolute atomic E-state index is 0.0940. The first-order chi connectivity index (χ1) is 16.9. The molecule has 2 heterocycles. The van der Waals surface area contributed by atoms with E-state index in [1.165, 1.54) is 11.3 Å². The fourth-order valence-electron chi connectivity index (χ4n) is 3.84. The Hall–Kier alpha value is -1.99. The van der Waals surface area contributed by atoms with E-state index < -0.39 is 30.1 Å². The van der Waals surface area contributed by atoms with Gasteiger partial charge in [0.15, 0.2) is 0 Å². The highest BCUT2D eigenvalue weighted by atomic mass is 32.1. The predicted octanol–water partition coefficient (Wildman–Crippen LogP) is 5.35. The largest absolute Gasteiger partial charge is 0.416 e. The maximum absolute atomic E-state index is 13.1. The van der Waals surface area contributed by atoms with E-state index in [1.54, 1.807) is 0 Å². The molecular weight excluding hydrogens is 508 g/mol. The molecule has 0 bridgehead atoms. The summed E-state index contributed by atoms with van der Waals surface area (Å²) in [6, 6.07) is 5.22. The van der Waals surface area contributed by atoms with Gasteiger partial charge in [-0.3, -0.25) is 0 Å². The normalized spacial score (nSPS) is 16.4. The summed E-state index contributed by atoms with van der Waals surface area (Å²) >= 11 is 1.51. The highest BCUT2D eigenvalue weighted by Gasteiger charge is 2.37. The van der Waals surface area contributed by atoms with E-state index >= 15 is 0 Å². The van der Waals surface area contributed by atoms with Crippen LogP contribution in [0.25, 0.3) is 0 Å². The highest BCUT2D eigenvalue weighted by Crippen LogP contribution is 2.36. The molecule has 1 unspecified atom stereocenters. The van der Waals surface area contributed by atoms with Gasteiger partial charge in [0.1, 0.15) is 0 Å². The molecular formula is C24H31F6N3O2S. The highest BCUT2D eigenvalue weighted by molar-refractivity contribution is 7.10. The van der Waals surface area contributed by atoms with Crippen molar-refractivity contribution < 1.29 is 36.2 Å². The van der Waals surface area contributed by atoms with Crippen LogP contribution in [0.3, 0.4) is 0 Å². The smallest absolute Gasteiger partial charge is 0.400 e. The van der Waals surface area contributed by atoms with E-state index in [-0.39, 0.29) is 29.9 Å². The van der Waals surface area contributed by atoms with Gasteiger partial charge in [-0.1, -0.05) is 6.07 Å². The maximum atomic E-state index is 13.1. The van der Waals surface area contributed by atoms with Crippen LogP contribution in [-0.2, 0) is 23.7 Å². The number of alkyl halides is 6. The molecule has 1 saturated heterocycles. The van der Waals surface area contributed by atoms with Gasteiger partial charge in [-0.15, -0.1) is 11.3 Å². The lowest BCUT2D eigenvalue weighted by atomic mass is 9.97. The van der Waals surface area contributed by atoms with Crippen molar-refractivity contribution in [2.24, 2.45) is 0 Å². The molecule has 3 rings (SSSR count). The molecule has 0 saturated carbocycles. The minimum atomic E-state index is -4.91. The van der Waals surface area contributed by atoms with Gasteiger partial charge in [0.05, 0.1) is 24.3 Å². The maximum Gasteiger partial charge on any atom is 0.416 e. The van der Waals surface area contributed by atoms with Gasteiger partial charge in [0.2, 0.25) is 0 Å². The molecule has 1 atom stereocenters. The Kier molecular flexibility index (Phi) is 11.4. The molecule has 2 N–H and O–H groups in total. The van der Waals surface area contributed by atoms with E-state index in [2.05, 4.69) is 16.8 Å². The second-order valence-corrected chi connectivity index (χ2v) is 9.41. The third-order valence-electron chi connectivity index (χ3n) is 5.81. The van der Waals surface area contributed by atoms with Crippen molar-refractivity contribution in [2.75, 3.05) is 53.5 Å².